The Bertz CT molecular complexity index is 922. The van der Waals surface area contributed by atoms with Gasteiger partial charge in [0.1, 0.15) is 5.01 Å². The first-order valence-corrected chi connectivity index (χ1v) is 13.7. The second-order valence-corrected chi connectivity index (χ2v) is 10.7. The van der Waals surface area contributed by atoms with Crippen molar-refractivity contribution >= 4 is 28.3 Å². The standard InChI is InChI=1S/C24H36N4O3S2/c1-4-10-27(11-5-6-12-28-14-13-26(3)18-23(28)29)19(2)16-20-7-8-21(17-22(20)33(30)31)24-25-9-15-32-24/h7-9,15,17,19H,4-6,10-14,16,18H2,1-3H3,(H,30,31). The third-order valence-electron chi connectivity index (χ3n) is 6.22. The predicted molar refractivity (Wildman–Crippen MR) is 135 cm³/mol. The van der Waals surface area contributed by atoms with Crippen LogP contribution in [0, 0.1) is 0 Å². The average molecular weight is 493 g/mol. The van der Waals surface area contributed by atoms with Gasteiger partial charge in [-0.1, -0.05) is 19.1 Å². The van der Waals surface area contributed by atoms with Crippen molar-refractivity contribution in [2.75, 3.05) is 46.3 Å². The minimum atomic E-state index is -2.04. The predicted octanol–water partition coefficient (Wildman–Crippen LogP) is 3.59. The van der Waals surface area contributed by atoms with Crippen LogP contribution in [0.15, 0.2) is 34.7 Å². The van der Waals surface area contributed by atoms with Crippen LogP contribution in [0.5, 0.6) is 0 Å². The Labute approximate surface area is 204 Å². The highest BCUT2D eigenvalue weighted by Crippen LogP contribution is 2.27. The van der Waals surface area contributed by atoms with E-state index in [0.29, 0.717) is 11.4 Å². The van der Waals surface area contributed by atoms with Crippen molar-refractivity contribution in [3.8, 4) is 10.6 Å². The second-order valence-electron chi connectivity index (χ2n) is 8.82. The Morgan fingerprint density at radius 3 is 2.76 bits per heavy atom. The Hall–Kier alpha value is -1.65. The molecule has 7 nitrogen and oxygen atoms in total. The van der Waals surface area contributed by atoms with E-state index in [9.17, 15) is 13.6 Å². The number of hydrogen-bond acceptors (Lipinski definition) is 6. The molecule has 3 rings (SSSR count). The van der Waals surface area contributed by atoms with E-state index in [4.69, 9.17) is 0 Å². The molecule has 2 unspecified atom stereocenters. The molecule has 0 aliphatic carbocycles. The van der Waals surface area contributed by atoms with E-state index in [1.165, 1.54) is 11.3 Å². The lowest BCUT2D eigenvalue weighted by Gasteiger charge is -2.33. The summed E-state index contributed by atoms with van der Waals surface area (Å²) < 4.78 is 22.0. The fraction of sp³-hybridized carbons (Fsp3) is 0.583. The summed E-state index contributed by atoms with van der Waals surface area (Å²) in [7, 11) is 1.99. The molecule has 33 heavy (non-hydrogen) atoms. The van der Waals surface area contributed by atoms with Gasteiger partial charge >= 0.3 is 0 Å². The summed E-state index contributed by atoms with van der Waals surface area (Å²) in [6.45, 7) is 9.44. The van der Waals surface area contributed by atoms with Crippen molar-refractivity contribution in [3.05, 3.63) is 35.3 Å². The van der Waals surface area contributed by atoms with Crippen LogP contribution >= 0.6 is 11.3 Å². The van der Waals surface area contributed by atoms with Crippen LogP contribution in [0.25, 0.3) is 10.6 Å². The maximum absolute atomic E-state index is 12.2. The lowest BCUT2D eigenvalue weighted by molar-refractivity contribution is -0.135. The van der Waals surface area contributed by atoms with E-state index in [0.717, 1.165) is 74.5 Å². The molecule has 1 amide bonds. The first kappa shape index (κ1) is 26.0. The van der Waals surface area contributed by atoms with Crippen LogP contribution in [0.1, 0.15) is 38.7 Å². The summed E-state index contributed by atoms with van der Waals surface area (Å²) in [4.78, 5) is 23.5. The van der Waals surface area contributed by atoms with Crippen molar-refractivity contribution in [2.45, 2.75) is 50.5 Å². The van der Waals surface area contributed by atoms with E-state index in [1.807, 2.05) is 29.5 Å². The highest BCUT2D eigenvalue weighted by Gasteiger charge is 2.21. The number of likely N-dealkylation sites (N-methyl/N-ethyl adjacent to an activating group) is 1. The highest BCUT2D eigenvalue weighted by molar-refractivity contribution is 7.79. The van der Waals surface area contributed by atoms with Crippen LogP contribution in [0.2, 0.25) is 0 Å². The smallest absolute Gasteiger partial charge is 0.236 e. The first-order chi connectivity index (χ1) is 15.9. The van der Waals surface area contributed by atoms with Gasteiger partial charge in [0, 0.05) is 42.8 Å². The quantitative estimate of drug-likeness (QED) is 0.360. The maximum Gasteiger partial charge on any atom is 0.236 e. The summed E-state index contributed by atoms with van der Waals surface area (Å²) >= 11 is -0.522. The lowest BCUT2D eigenvalue weighted by atomic mass is 10.0. The summed E-state index contributed by atoms with van der Waals surface area (Å²) in [5.74, 6) is 0.230. The summed E-state index contributed by atoms with van der Waals surface area (Å²) in [5.41, 5.74) is 1.79. The van der Waals surface area contributed by atoms with Crippen molar-refractivity contribution < 1.29 is 13.6 Å². The third kappa shape index (κ3) is 7.42. The Morgan fingerprint density at radius 2 is 2.09 bits per heavy atom. The number of piperazine rings is 1. The Kier molecular flexibility index (Phi) is 10.0. The molecule has 9 heteroatoms. The Balaban J connectivity index is 1.57. The number of carbonyl (C=O) groups excluding carboxylic acids is 1. The van der Waals surface area contributed by atoms with Gasteiger partial charge in [0.25, 0.3) is 0 Å². The molecule has 1 aliphatic heterocycles. The van der Waals surface area contributed by atoms with Gasteiger partial charge in [0.05, 0.1) is 11.4 Å². The fourth-order valence-corrected chi connectivity index (χ4v) is 5.59. The van der Waals surface area contributed by atoms with E-state index < -0.39 is 11.1 Å². The third-order valence-corrected chi connectivity index (χ3v) is 7.80. The minimum absolute atomic E-state index is 0.230. The molecule has 1 N–H and O–H groups in total. The van der Waals surface area contributed by atoms with Gasteiger partial charge in [0.15, 0.2) is 11.1 Å². The van der Waals surface area contributed by atoms with E-state index in [2.05, 4.69) is 28.6 Å². The zero-order valence-corrected chi connectivity index (χ0v) is 21.5. The van der Waals surface area contributed by atoms with E-state index in [-0.39, 0.29) is 11.9 Å². The van der Waals surface area contributed by atoms with E-state index >= 15 is 0 Å². The molecule has 0 radical (unpaired) electrons. The molecule has 1 aromatic carbocycles. The largest absolute Gasteiger partial charge is 0.340 e. The van der Waals surface area contributed by atoms with Gasteiger partial charge in [-0.25, -0.2) is 9.19 Å². The van der Waals surface area contributed by atoms with Gasteiger partial charge < -0.3 is 14.4 Å². The average Bonchev–Trinajstić information content (AvgIpc) is 3.32. The van der Waals surface area contributed by atoms with Crippen LogP contribution in [0.3, 0.4) is 0 Å². The van der Waals surface area contributed by atoms with E-state index in [1.54, 1.807) is 12.3 Å². The topological polar surface area (TPSA) is 77.0 Å². The zero-order chi connectivity index (χ0) is 23.8. The zero-order valence-electron chi connectivity index (χ0n) is 19.9. The number of nitrogens with zero attached hydrogens (tertiary/aromatic N) is 4. The molecule has 1 fully saturated rings. The van der Waals surface area contributed by atoms with Crippen LogP contribution < -0.4 is 0 Å². The van der Waals surface area contributed by atoms with Crippen molar-refractivity contribution in [1.82, 2.24) is 19.7 Å². The minimum Gasteiger partial charge on any atom is -0.340 e. The van der Waals surface area contributed by atoms with Gasteiger partial charge in [-0.05, 0) is 64.4 Å². The molecule has 2 heterocycles. The molecule has 1 saturated heterocycles. The second kappa shape index (κ2) is 12.7. The maximum atomic E-state index is 12.2. The van der Waals surface area contributed by atoms with Crippen LogP contribution in [-0.2, 0) is 22.3 Å². The summed E-state index contributed by atoms with van der Waals surface area (Å²) in [5, 5.41) is 2.76. The molecular weight excluding hydrogens is 456 g/mol. The normalized spacial score (nSPS) is 17.0. The number of unbranched alkanes of at least 4 members (excludes halogenated alkanes) is 1. The number of carbonyl (C=O) groups is 1. The van der Waals surface area contributed by atoms with Crippen LogP contribution in [-0.4, -0.2) is 86.7 Å². The lowest BCUT2D eigenvalue weighted by Crippen LogP contribution is -2.49. The first-order valence-electron chi connectivity index (χ1n) is 11.7. The van der Waals surface area contributed by atoms with Crippen molar-refractivity contribution in [3.63, 3.8) is 0 Å². The number of aromatic nitrogens is 1. The monoisotopic (exact) mass is 492 g/mol. The molecule has 0 saturated carbocycles. The molecule has 2 aromatic rings. The molecule has 1 aliphatic rings. The van der Waals surface area contributed by atoms with Crippen LogP contribution in [0.4, 0.5) is 0 Å². The highest BCUT2D eigenvalue weighted by atomic mass is 32.2. The molecule has 1 aromatic heterocycles. The molecule has 182 valence electrons. The number of rotatable bonds is 12. The number of amides is 1. The van der Waals surface area contributed by atoms with Crippen molar-refractivity contribution in [2.24, 2.45) is 0 Å². The van der Waals surface area contributed by atoms with Crippen molar-refractivity contribution in [1.29, 1.82) is 0 Å². The summed E-state index contributed by atoms with van der Waals surface area (Å²) in [6, 6.07) is 6.02. The van der Waals surface area contributed by atoms with Gasteiger partial charge in [-0.3, -0.25) is 9.69 Å². The van der Waals surface area contributed by atoms with Gasteiger partial charge in [-0.15, -0.1) is 11.3 Å². The fourth-order valence-electron chi connectivity index (χ4n) is 4.35. The molecular formula is C24H36N4O3S2. The number of benzene rings is 1. The van der Waals surface area contributed by atoms with Gasteiger partial charge in [-0.2, -0.15) is 0 Å². The van der Waals surface area contributed by atoms with Gasteiger partial charge in [0.2, 0.25) is 5.91 Å². The Morgan fingerprint density at radius 1 is 1.27 bits per heavy atom. The summed E-state index contributed by atoms with van der Waals surface area (Å²) in [6.07, 6.45) is 5.55. The number of hydrogen-bond donors (Lipinski definition) is 1. The SMILES string of the molecule is CCCN(CCCCN1CCN(C)CC1=O)C(C)Cc1ccc(-c2nccs2)cc1S(=O)O. The number of thiazole rings is 1. The molecule has 0 bridgehead atoms. The molecule has 2 atom stereocenters. The molecule has 0 spiro atoms.